The van der Waals surface area contributed by atoms with Crippen LogP contribution in [0.1, 0.15) is 25.5 Å². The van der Waals surface area contributed by atoms with Gasteiger partial charge in [0.15, 0.2) is 0 Å². The standard InChI is InChI=1S/C11H13F3N2/c1-7-5-8(6-7)15-10-4-2-3-9(16-10)11(12,13)14/h2-4,7-8H,5-6H2,1H3,(H,15,16). The van der Waals surface area contributed by atoms with Crippen LogP contribution < -0.4 is 5.32 Å². The van der Waals surface area contributed by atoms with Gasteiger partial charge in [0, 0.05) is 6.04 Å². The van der Waals surface area contributed by atoms with Gasteiger partial charge in [-0.05, 0) is 30.9 Å². The van der Waals surface area contributed by atoms with E-state index in [1.165, 1.54) is 6.07 Å². The molecule has 0 aromatic carbocycles. The molecule has 16 heavy (non-hydrogen) atoms. The molecule has 1 aliphatic carbocycles. The van der Waals surface area contributed by atoms with E-state index in [9.17, 15) is 13.2 Å². The first-order valence-corrected chi connectivity index (χ1v) is 5.26. The van der Waals surface area contributed by atoms with E-state index in [1.54, 1.807) is 6.07 Å². The zero-order valence-electron chi connectivity index (χ0n) is 8.88. The lowest BCUT2D eigenvalue weighted by Gasteiger charge is -2.33. The van der Waals surface area contributed by atoms with E-state index < -0.39 is 11.9 Å². The van der Waals surface area contributed by atoms with Crippen molar-refractivity contribution in [2.24, 2.45) is 5.92 Å². The third-order valence-corrected chi connectivity index (χ3v) is 2.77. The van der Waals surface area contributed by atoms with Crippen molar-refractivity contribution in [3.63, 3.8) is 0 Å². The molecule has 0 unspecified atom stereocenters. The molecule has 1 saturated carbocycles. The van der Waals surface area contributed by atoms with Gasteiger partial charge >= 0.3 is 6.18 Å². The number of nitrogens with zero attached hydrogens (tertiary/aromatic N) is 1. The first kappa shape index (κ1) is 11.2. The van der Waals surface area contributed by atoms with Gasteiger partial charge in [-0.3, -0.25) is 0 Å². The van der Waals surface area contributed by atoms with E-state index in [0.29, 0.717) is 11.7 Å². The molecule has 88 valence electrons. The van der Waals surface area contributed by atoms with Gasteiger partial charge in [-0.1, -0.05) is 13.0 Å². The summed E-state index contributed by atoms with van der Waals surface area (Å²) >= 11 is 0. The molecule has 0 saturated heterocycles. The predicted molar refractivity (Wildman–Crippen MR) is 55.0 cm³/mol. The highest BCUT2D eigenvalue weighted by atomic mass is 19.4. The fourth-order valence-electron chi connectivity index (χ4n) is 1.90. The van der Waals surface area contributed by atoms with Crippen LogP contribution in [0.2, 0.25) is 0 Å². The topological polar surface area (TPSA) is 24.9 Å². The minimum absolute atomic E-state index is 0.269. The normalized spacial score (nSPS) is 25.0. The highest BCUT2D eigenvalue weighted by Gasteiger charge is 2.33. The number of aromatic nitrogens is 1. The minimum Gasteiger partial charge on any atom is -0.367 e. The van der Waals surface area contributed by atoms with Crippen molar-refractivity contribution in [3.8, 4) is 0 Å². The second-order valence-corrected chi connectivity index (χ2v) is 4.32. The van der Waals surface area contributed by atoms with Crippen molar-refractivity contribution in [1.82, 2.24) is 4.98 Å². The summed E-state index contributed by atoms with van der Waals surface area (Å²) in [4.78, 5) is 3.55. The number of halogens is 3. The highest BCUT2D eigenvalue weighted by molar-refractivity contribution is 5.37. The molecule has 1 fully saturated rings. The van der Waals surface area contributed by atoms with Crippen molar-refractivity contribution in [2.75, 3.05) is 5.32 Å². The average molecular weight is 230 g/mol. The summed E-state index contributed by atoms with van der Waals surface area (Å²) in [7, 11) is 0. The summed E-state index contributed by atoms with van der Waals surface area (Å²) in [5.41, 5.74) is -0.843. The van der Waals surface area contributed by atoms with E-state index in [-0.39, 0.29) is 6.04 Å². The molecule has 2 rings (SSSR count). The molecule has 1 aromatic heterocycles. The van der Waals surface area contributed by atoms with Crippen LogP contribution in [0.3, 0.4) is 0 Å². The van der Waals surface area contributed by atoms with E-state index >= 15 is 0 Å². The molecular formula is C11H13F3N2. The third-order valence-electron chi connectivity index (χ3n) is 2.77. The Bertz CT molecular complexity index is 370. The fraction of sp³-hybridized carbons (Fsp3) is 0.545. The quantitative estimate of drug-likeness (QED) is 0.843. The average Bonchev–Trinajstić information content (AvgIpc) is 2.14. The lowest BCUT2D eigenvalue weighted by molar-refractivity contribution is -0.141. The minimum atomic E-state index is -4.37. The van der Waals surface area contributed by atoms with Crippen LogP contribution in [0.5, 0.6) is 0 Å². The lowest BCUT2D eigenvalue weighted by atomic mass is 9.82. The zero-order chi connectivity index (χ0) is 11.8. The summed E-state index contributed by atoms with van der Waals surface area (Å²) in [6, 6.07) is 4.19. The van der Waals surface area contributed by atoms with Crippen LogP contribution in [0.15, 0.2) is 18.2 Å². The molecule has 0 radical (unpaired) electrons. The molecule has 0 aliphatic heterocycles. The predicted octanol–water partition coefficient (Wildman–Crippen LogP) is 3.31. The summed E-state index contributed by atoms with van der Waals surface area (Å²) < 4.78 is 37.1. The van der Waals surface area contributed by atoms with Gasteiger partial charge in [0.05, 0.1) is 0 Å². The van der Waals surface area contributed by atoms with Crippen LogP contribution in [-0.2, 0) is 6.18 Å². The zero-order valence-corrected chi connectivity index (χ0v) is 8.88. The van der Waals surface area contributed by atoms with Crippen molar-refractivity contribution in [1.29, 1.82) is 0 Å². The largest absolute Gasteiger partial charge is 0.433 e. The summed E-state index contributed by atoms with van der Waals surface area (Å²) in [6.45, 7) is 2.12. The number of rotatable bonds is 2. The van der Waals surface area contributed by atoms with Crippen LogP contribution >= 0.6 is 0 Å². The van der Waals surface area contributed by atoms with Gasteiger partial charge in [-0.25, -0.2) is 4.98 Å². The molecule has 0 spiro atoms. The Labute approximate surface area is 91.9 Å². The first-order valence-electron chi connectivity index (χ1n) is 5.26. The van der Waals surface area contributed by atoms with E-state index in [2.05, 4.69) is 17.2 Å². The molecular weight excluding hydrogens is 217 g/mol. The van der Waals surface area contributed by atoms with Crippen molar-refractivity contribution in [3.05, 3.63) is 23.9 Å². The van der Waals surface area contributed by atoms with Crippen LogP contribution in [-0.4, -0.2) is 11.0 Å². The second-order valence-electron chi connectivity index (χ2n) is 4.32. The monoisotopic (exact) mass is 230 g/mol. The second kappa shape index (κ2) is 3.96. The Hall–Kier alpha value is -1.26. The Morgan fingerprint density at radius 1 is 1.31 bits per heavy atom. The molecule has 1 aliphatic rings. The molecule has 0 atom stereocenters. The summed E-state index contributed by atoms with van der Waals surface area (Å²) in [6.07, 6.45) is -2.37. The highest BCUT2D eigenvalue weighted by Crippen LogP contribution is 2.31. The molecule has 0 amide bonds. The maximum Gasteiger partial charge on any atom is 0.433 e. The smallest absolute Gasteiger partial charge is 0.367 e. The van der Waals surface area contributed by atoms with Gasteiger partial charge in [0.2, 0.25) is 0 Å². The van der Waals surface area contributed by atoms with Gasteiger partial charge in [0.25, 0.3) is 0 Å². The number of pyridine rings is 1. The lowest BCUT2D eigenvalue weighted by Crippen LogP contribution is -2.34. The summed E-state index contributed by atoms with van der Waals surface area (Å²) in [5, 5.41) is 3.01. The first-order chi connectivity index (χ1) is 7.45. The van der Waals surface area contributed by atoms with E-state index in [4.69, 9.17) is 0 Å². The van der Waals surface area contributed by atoms with Gasteiger partial charge < -0.3 is 5.32 Å². The van der Waals surface area contributed by atoms with Gasteiger partial charge in [-0.15, -0.1) is 0 Å². The molecule has 0 bridgehead atoms. The molecule has 1 aromatic rings. The Morgan fingerprint density at radius 2 is 2.00 bits per heavy atom. The maximum atomic E-state index is 12.4. The third kappa shape index (κ3) is 2.46. The number of hydrogen-bond donors (Lipinski definition) is 1. The number of hydrogen-bond acceptors (Lipinski definition) is 2. The van der Waals surface area contributed by atoms with Crippen molar-refractivity contribution in [2.45, 2.75) is 32.0 Å². The van der Waals surface area contributed by atoms with Crippen LogP contribution in [0.4, 0.5) is 19.0 Å². The Kier molecular flexibility index (Phi) is 2.78. The fourth-order valence-corrected chi connectivity index (χ4v) is 1.90. The Morgan fingerprint density at radius 3 is 2.56 bits per heavy atom. The summed E-state index contributed by atoms with van der Waals surface area (Å²) in [5.74, 6) is 0.968. The SMILES string of the molecule is CC1CC(Nc2cccc(C(F)(F)F)n2)C1. The van der Waals surface area contributed by atoms with Crippen LogP contribution in [0.25, 0.3) is 0 Å². The van der Waals surface area contributed by atoms with Crippen LogP contribution in [0, 0.1) is 5.92 Å². The number of nitrogens with one attached hydrogen (secondary N) is 1. The Balaban J connectivity index is 2.05. The van der Waals surface area contributed by atoms with E-state index in [0.717, 1.165) is 18.9 Å². The van der Waals surface area contributed by atoms with Crippen molar-refractivity contribution < 1.29 is 13.2 Å². The van der Waals surface area contributed by atoms with Crippen molar-refractivity contribution >= 4 is 5.82 Å². The number of anilines is 1. The molecule has 5 heteroatoms. The number of alkyl halides is 3. The molecule has 2 nitrogen and oxygen atoms in total. The molecule has 1 N–H and O–H groups in total. The van der Waals surface area contributed by atoms with E-state index in [1.807, 2.05) is 0 Å². The maximum absolute atomic E-state index is 12.4. The van der Waals surface area contributed by atoms with Gasteiger partial charge in [-0.2, -0.15) is 13.2 Å². The van der Waals surface area contributed by atoms with Gasteiger partial charge in [0.1, 0.15) is 11.5 Å². The molecule has 1 heterocycles.